The summed E-state index contributed by atoms with van der Waals surface area (Å²) in [6.07, 6.45) is 1.29. The Hall–Kier alpha value is -2.27. The Morgan fingerprint density at radius 1 is 0.950 bits per heavy atom. The van der Waals surface area contributed by atoms with Crippen molar-refractivity contribution in [2.24, 2.45) is 0 Å². The van der Waals surface area contributed by atoms with E-state index in [1.54, 1.807) is 0 Å². The fraction of sp³-hybridized carbons (Fsp3) is 0. The van der Waals surface area contributed by atoms with Crippen molar-refractivity contribution in [3.63, 3.8) is 0 Å². The largest absolute Gasteiger partial charge is 0.355 e. The predicted octanol–water partition coefficient (Wildman–Crippen LogP) is 3.06. The lowest BCUT2D eigenvalue weighted by atomic mass is 10.2. The van der Waals surface area contributed by atoms with E-state index in [0.29, 0.717) is 5.82 Å². The van der Waals surface area contributed by atoms with E-state index in [2.05, 4.69) is 25.9 Å². The van der Waals surface area contributed by atoms with Crippen LogP contribution in [0.25, 0.3) is 17.1 Å². The molecule has 20 heavy (non-hydrogen) atoms. The second-order valence-electron chi connectivity index (χ2n) is 4.16. The Morgan fingerprint density at radius 3 is 2.50 bits per heavy atom. The van der Waals surface area contributed by atoms with Gasteiger partial charge in [0.1, 0.15) is 12.2 Å². The van der Waals surface area contributed by atoms with Crippen LogP contribution < -0.4 is 5.69 Å². The van der Waals surface area contributed by atoms with Crippen LogP contribution in [0.5, 0.6) is 0 Å². The maximum Gasteiger partial charge on any atom is 0.355 e. The number of aromatic nitrogens is 3. The molecule has 0 unspecified atom stereocenters. The summed E-state index contributed by atoms with van der Waals surface area (Å²) >= 11 is 3.41. The number of hydrogen-bond acceptors (Lipinski definition) is 3. The van der Waals surface area contributed by atoms with Crippen LogP contribution in [0, 0.1) is 0 Å². The van der Waals surface area contributed by atoms with Crippen molar-refractivity contribution in [1.82, 2.24) is 14.5 Å². The van der Waals surface area contributed by atoms with Crippen LogP contribution in [0.1, 0.15) is 0 Å². The molecule has 0 bridgehead atoms. The van der Waals surface area contributed by atoms with E-state index in [-0.39, 0.29) is 5.69 Å². The first-order valence-corrected chi connectivity index (χ1v) is 6.80. The van der Waals surface area contributed by atoms with Crippen LogP contribution in [0.2, 0.25) is 0 Å². The zero-order chi connectivity index (χ0) is 13.9. The quantitative estimate of drug-likeness (QED) is 0.726. The van der Waals surface area contributed by atoms with Gasteiger partial charge in [-0.3, -0.25) is 0 Å². The molecule has 0 atom stereocenters. The van der Waals surface area contributed by atoms with Gasteiger partial charge in [-0.2, -0.15) is 4.98 Å². The molecule has 1 aromatic heterocycles. The summed E-state index contributed by atoms with van der Waals surface area (Å²) in [5, 5.41) is 0. The zero-order valence-corrected chi connectivity index (χ0v) is 12.0. The minimum atomic E-state index is -0.350. The molecule has 0 spiro atoms. The van der Waals surface area contributed by atoms with Crippen molar-refractivity contribution in [2.45, 2.75) is 0 Å². The molecular formula is C15H10BrN3O. The van der Waals surface area contributed by atoms with Crippen molar-refractivity contribution >= 4 is 15.9 Å². The van der Waals surface area contributed by atoms with Crippen molar-refractivity contribution < 1.29 is 0 Å². The summed E-state index contributed by atoms with van der Waals surface area (Å²) in [4.78, 5) is 20.1. The lowest BCUT2D eigenvalue weighted by molar-refractivity contribution is 0.869. The molecule has 3 rings (SSSR count). The number of nitrogens with zero attached hydrogens (tertiary/aromatic N) is 3. The van der Waals surface area contributed by atoms with Crippen molar-refractivity contribution in [2.75, 3.05) is 0 Å². The maximum absolute atomic E-state index is 12.1. The molecule has 1 heterocycles. The van der Waals surface area contributed by atoms with Crippen LogP contribution in [-0.2, 0) is 0 Å². The molecule has 0 aliphatic heterocycles. The average molecular weight is 328 g/mol. The number of rotatable bonds is 2. The van der Waals surface area contributed by atoms with Gasteiger partial charge in [0.2, 0.25) is 0 Å². The fourth-order valence-electron chi connectivity index (χ4n) is 1.98. The minimum absolute atomic E-state index is 0.350. The van der Waals surface area contributed by atoms with Gasteiger partial charge in [-0.1, -0.05) is 52.3 Å². The molecule has 0 aliphatic carbocycles. The first kappa shape index (κ1) is 12.7. The van der Waals surface area contributed by atoms with E-state index < -0.39 is 0 Å². The fourth-order valence-corrected chi connectivity index (χ4v) is 2.36. The molecule has 0 amide bonds. The van der Waals surface area contributed by atoms with Crippen LogP contribution in [0.4, 0.5) is 0 Å². The molecule has 0 radical (unpaired) electrons. The van der Waals surface area contributed by atoms with Crippen LogP contribution in [0.3, 0.4) is 0 Å². The number of halogens is 1. The first-order valence-electron chi connectivity index (χ1n) is 6.01. The predicted molar refractivity (Wildman–Crippen MR) is 80.8 cm³/mol. The molecule has 0 saturated carbocycles. The Bertz CT molecular complexity index is 799. The minimum Gasteiger partial charge on any atom is -0.245 e. The summed E-state index contributed by atoms with van der Waals surface area (Å²) in [5.74, 6) is 0.573. The van der Waals surface area contributed by atoms with Gasteiger partial charge in [0.25, 0.3) is 0 Å². The topological polar surface area (TPSA) is 47.8 Å². The van der Waals surface area contributed by atoms with Crippen LogP contribution in [-0.4, -0.2) is 14.5 Å². The van der Waals surface area contributed by atoms with E-state index in [1.165, 1.54) is 10.9 Å². The third kappa shape index (κ3) is 2.40. The summed E-state index contributed by atoms with van der Waals surface area (Å²) in [6, 6.07) is 17.0. The molecule has 2 aromatic carbocycles. The highest BCUT2D eigenvalue weighted by Crippen LogP contribution is 2.20. The van der Waals surface area contributed by atoms with Crippen molar-refractivity contribution in [3.05, 3.63) is 75.9 Å². The second-order valence-corrected chi connectivity index (χ2v) is 5.08. The Balaban J connectivity index is 2.28. The molecule has 4 nitrogen and oxygen atoms in total. The van der Waals surface area contributed by atoms with E-state index in [9.17, 15) is 4.79 Å². The van der Waals surface area contributed by atoms with E-state index in [4.69, 9.17) is 0 Å². The summed E-state index contributed by atoms with van der Waals surface area (Å²) in [7, 11) is 0. The van der Waals surface area contributed by atoms with Gasteiger partial charge >= 0.3 is 5.69 Å². The van der Waals surface area contributed by atoms with Gasteiger partial charge in [0.15, 0.2) is 0 Å². The van der Waals surface area contributed by atoms with E-state index in [1.807, 2.05) is 54.6 Å². The standard InChI is InChI=1S/C15H10BrN3O/c16-12-7-4-8-13(9-12)19-14(17-10-18-15(19)20)11-5-2-1-3-6-11/h1-10H. The Morgan fingerprint density at radius 2 is 1.75 bits per heavy atom. The molecule has 0 aliphatic rings. The van der Waals surface area contributed by atoms with Crippen LogP contribution in [0.15, 0.2) is 70.2 Å². The highest BCUT2D eigenvalue weighted by atomic mass is 79.9. The monoisotopic (exact) mass is 327 g/mol. The highest BCUT2D eigenvalue weighted by molar-refractivity contribution is 9.10. The molecule has 0 fully saturated rings. The van der Waals surface area contributed by atoms with Gasteiger partial charge in [-0.15, -0.1) is 0 Å². The lowest BCUT2D eigenvalue weighted by Crippen LogP contribution is -2.23. The van der Waals surface area contributed by atoms with Crippen LogP contribution >= 0.6 is 15.9 Å². The average Bonchev–Trinajstić information content (AvgIpc) is 2.48. The Labute approximate surface area is 123 Å². The Kier molecular flexibility index (Phi) is 3.43. The summed E-state index contributed by atoms with van der Waals surface area (Å²) < 4.78 is 2.39. The van der Waals surface area contributed by atoms with Crippen molar-refractivity contribution in [3.8, 4) is 17.1 Å². The third-order valence-electron chi connectivity index (χ3n) is 2.85. The number of benzene rings is 2. The third-order valence-corrected chi connectivity index (χ3v) is 3.34. The lowest BCUT2D eigenvalue weighted by Gasteiger charge is -2.11. The second kappa shape index (κ2) is 5.38. The van der Waals surface area contributed by atoms with Crippen molar-refractivity contribution in [1.29, 1.82) is 0 Å². The smallest absolute Gasteiger partial charge is 0.245 e. The van der Waals surface area contributed by atoms with Gasteiger partial charge in [0.05, 0.1) is 5.69 Å². The SMILES string of the molecule is O=c1ncnc(-c2ccccc2)n1-c1cccc(Br)c1. The van der Waals surface area contributed by atoms with Gasteiger partial charge in [0, 0.05) is 10.0 Å². The summed E-state index contributed by atoms with van der Waals surface area (Å²) in [5.41, 5.74) is 1.24. The maximum atomic E-state index is 12.1. The molecule has 5 heteroatoms. The highest BCUT2D eigenvalue weighted by Gasteiger charge is 2.10. The normalized spacial score (nSPS) is 10.4. The summed E-state index contributed by atoms with van der Waals surface area (Å²) in [6.45, 7) is 0. The zero-order valence-electron chi connectivity index (χ0n) is 10.4. The molecule has 3 aromatic rings. The molecule has 98 valence electrons. The van der Waals surface area contributed by atoms with Gasteiger partial charge in [-0.25, -0.2) is 14.3 Å². The molecule has 0 N–H and O–H groups in total. The van der Waals surface area contributed by atoms with E-state index >= 15 is 0 Å². The van der Waals surface area contributed by atoms with Gasteiger partial charge < -0.3 is 0 Å². The number of hydrogen-bond donors (Lipinski definition) is 0. The first-order chi connectivity index (χ1) is 9.75. The molecule has 0 saturated heterocycles. The van der Waals surface area contributed by atoms with E-state index in [0.717, 1.165) is 15.7 Å². The van der Waals surface area contributed by atoms with Gasteiger partial charge in [-0.05, 0) is 18.2 Å². The molecular weight excluding hydrogens is 318 g/mol.